The Morgan fingerprint density at radius 1 is 1.24 bits per heavy atom. The number of morpholine rings is 1. The van der Waals surface area contributed by atoms with Crippen LogP contribution in [0.2, 0.25) is 0 Å². The first kappa shape index (κ1) is 15.1. The van der Waals surface area contributed by atoms with Crippen molar-refractivity contribution in [2.75, 3.05) is 39.1 Å². The molecule has 17 heavy (non-hydrogen) atoms. The lowest BCUT2D eigenvalue weighted by atomic mass is 10.3. The normalized spacial score (nSPS) is 25.2. The van der Waals surface area contributed by atoms with Crippen molar-refractivity contribution in [3.8, 4) is 0 Å². The zero-order valence-electron chi connectivity index (χ0n) is 11.4. The van der Waals surface area contributed by atoms with Crippen molar-refractivity contribution in [3.63, 3.8) is 0 Å². The van der Waals surface area contributed by atoms with E-state index in [1.165, 1.54) is 0 Å². The van der Waals surface area contributed by atoms with E-state index in [9.17, 15) is 0 Å². The van der Waals surface area contributed by atoms with E-state index in [1.54, 1.807) is 0 Å². The first-order valence-corrected chi connectivity index (χ1v) is 7.92. The Balaban J connectivity index is 2.86. The van der Waals surface area contributed by atoms with Crippen LogP contribution in [-0.2, 0) is 18.9 Å². The lowest BCUT2D eigenvalue weighted by Gasteiger charge is -2.46. The molecule has 0 spiro atoms. The lowest BCUT2D eigenvalue weighted by molar-refractivity contribution is -0.449. The van der Waals surface area contributed by atoms with Gasteiger partial charge in [0.25, 0.3) is 0 Å². The summed E-state index contributed by atoms with van der Waals surface area (Å²) in [5, 5.41) is 0. The van der Waals surface area contributed by atoms with Crippen molar-refractivity contribution < 1.29 is 18.9 Å². The first-order chi connectivity index (χ1) is 8.24. The molecular weight excluding hydrogens is 238 g/mol. The molecule has 0 N–H and O–H groups in total. The van der Waals surface area contributed by atoms with Gasteiger partial charge in [0, 0.05) is 36.6 Å². The van der Waals surface area contributed by atoms with Crippen molar-refractivity contribution in [1.82, 2.24) is 4.90 Å². The van der Waals surface area contributed by atoms with Gasteiger partial charge in [0.05, 0.1) is 6.61 Å². The predicted molar refractivity (Wildman–Crippen MR) is 68.9 cm³/mol. The summed E-state index contributed by atoms with van der Waals surface area (Å²) in [5.74, 6) is -1.05. The van der Waals surface area contributed by atoms with Gasteiger partial charge < -0.3 is 18.9 Å². The van der Waals surface area contributed by atoms with Crippen molar-refractivity contribution in [2.45, 2.75) is 33.0 Å². The quantitative estimate of drug-likeness (QED) is 0.467. The molecule has 1 saturated heterocycles. The van der Waals surface area contributed by atoms with Crippen molar-refractivity contribution in [1.29, 1.82) is 0 Å². The van der Waals surface area contributed by atoms with Gasteiger partial charge >= 0.3 is 5.97 Å². The predicted octanol–water partition coefficient (Wildman–Crippen LogP) is -0.269. The molecule has 0 amide bonds. The largest absolute Gasteiger partial charge is 0.355 e. The molecule has 1 atom stereocenters. The van der Waals surface area contributed by atoms with Crippen LogP contribution in [-0.4, -0.2) is 66.5 Å². The Morgan fingerprint density at radius 2 is 1.88 bits per heavy atom. The fraction of sp³-hybridized carbons (Fsp3) is 1.00. The number of rotatable bonds is 7. The van der Waals surface area contributed by atoms with Gasteiger partial charge in [0.15, 0.2) is 6.23 Å². The fourth-order valence-corrected chi connectivity index (χ4v) is 2.72. The third-order valence-electron chi connectivity index (χ3n) is 2.74. The van der Waals surface area contributed by atoms with Crippen LogP contribution in [0, 0.1) is 0 Å². The zero-order chi connectivity index (χ0) is 12.7. The van der Waals surface area contributed by atoms with Gasteiger partial charge in [0.2, 0.25) is 0 Å². The Morgan fingerprint density at radius 3 is 2.35 bits per heavy atom. The number of nitrogens with zero attached hydrogens (tertiary/aromatic N) is 1. The molecule has 0 aromatic rings. The summed E-state index contributed by atoms with van der Waals surface area (Å²) in [7, 11) is 1.09. The molecule has 0 aliphatic carbocycles. The molecule has 1 unspecified atom stereocenters. The highest BCUT2D eigenvalue weighted by atomic mass is 28.1. The minimum absolute atomic E-state index is 0.265. The molecule has 0 saturated carbocycles. The van der Waals surface area contributed by atoms with E-state index in [1.807, 2.05) is 20.8 Å². The number of hydrogen-bond donors (Lipinski definition) is 0. The average molecular weight is 263 g/mol. The third kappa shape index (κ3) is 3.49. The number of hydrogen-bond acceptors (Lipinski definition) is 5. The van der Waals surface area contributed by atoms with Gasteiger partial charge in [-0.1, -0.05) is 0 Å². The summed E-state index contributed by atoms with van der Waals surface area (Å²) >= 11 is 0. The van der Waals surface area contributed by atoms with E-state index in [4.69, 9.17) is 18.9 Å². The molecule has 5 nitrogen and oxygen atoms in total. The summed E-state index contributed by atoms with van der Waals surface area (Å²) in [6.07, 6.45) is 0.759. The van der Waals surface area contributed by atoms with Crippen molar-refractivity contribution in [3.05, 3.63) is 0 Å². The molecule has 1 aliphatic heterocycles. The topological polar surface area (TPSA) is 40.2 Å². The summed E-state index contributed by atoms with van der Waals surface area (Å²) in [6.45, 7) is 9.04. The molecule has 0 aromatic heterocycles. The van der Waals surface area contributed by atoms with E-state index < -0.39 is 5.97 Å². The average Bonchev–Trinajstić information content (AvgIpc) is 2.33. The van der Waals surface area contributed by atoms with Gasteiger partial charge in [-0.2, -0.15) is 0 Å². The molecule has 1 rings (SSSR count). The third-order valence-corrected chi connectivity index (χ3v) is 3.55. The first-order valence-electron chi connectivity index (χ1n) is 6.51. The van der Waals surface area contributed by atoms with Gasteiger partial charge in [-0.05, 0) is 26.9 Å². The Labute approximate surface area is 107 Å². The smallest absolute Gasteiger partial charge is 0.325 e. The molecule has 0 radical (unpaired) electrons. The summed E-state index contributed by atoms with van der Waals surface area (Å²) in [4.78, 5) is 2.24. The second-order valence-corrected chi connectivity index (χ2v) is 4.39. The highest BCUT2D eigenvalue weighted by molar-refractivity contribution is 6.08. The maximum absolute atomic E-state index is 5.78. The van der Waals surface area contributed by atoms with E-state index in [-0.39, 0.29) is 6.23 Å². The zero-order valence-corrected chi connectivity index (χ0v) is 13.4. The molecule has 0 aromatic carbocycles. The van der Waals surface area contributed by atoms with Gasteiger partial charge in [-0.25, -0.2) is 0 Å². The second kappa shape index (κ2) is 7.45. The van der Waals surface area contributed by atoms with Crippen LogP contribution in [0.1, 0.15) is 20.8 Å². The Bertz CT molecular complexity index is 206. The van der Waals surface area contributed by atoms with Gasteiger partial charge in [-0.15, -0.1) is 0 Å². The SMILES string of the molecule is CCOC1N(C[SiH3])CCOC1(OCC)OCC. The van der Waals surface area contributed by atoms with Crippen LogP contribution < -0.4 is 0 Å². The maximum Gasteiger partial charge on any atom is 0.325 e. The minimum atomic E-state index is -1.05. The highest BCUT2D eigenvalue weighted by Crippen LogP contribution is 2.29. The van der Waals surface area contributed by atoms with E-state index >= 15 is 0 Å². The maximum atomic E-state index is 5.78. The fourth-order valence-electron chi connectivity index (χ4n) is 2.08. The second-order valence-electron chi connectivity index (χ2n) is 3.75. The summed E-state index contributed by atoms with van der Waals surface area (Å²) in [6, 6.07) is 0. The van der Waals surface area contributed by atoms with E-state index in [2.05, 4.69) is 4.90 Å². The van der Waals surface area contributed by atoms with Crippen molar-refractivity contribution in [2.24, 2.45) is 0 Å². The molecule has 1 aliphatic rings. The summed E-state index contributed by atoms with van der Waals surface area (Å²) in [5.41, 5.74) is 0. The van der Waals surface area contributed by atoms with Gasteiger partial charge in [-0.3, -0.25) is 4.90 Å². The Kier molecular flexibility index (Phi) is 6.61. The number of ether oxygens (including phenoxy) is 4. The standard InChI is InChI=1S/C11H25NO4Si/c1-4-13-10-11(14-5-2,15-6-3)16-8-7-12(10)9-17/h10H,4-9H2,1-3,17H3. The van der Waals surface area contributed by atoms with E-state index in [0.717, 1.165) is 23.0 Å². The van der Waals surface area contributed by atoms with Gasteiger partial charge in [0.1, 0.15) is 0 Å². The lowest BCUT2D eigenvalue weighted by Crippen LogP contribution is -2.63. The van der Waals surface area contributed by atoms with Crippen LogP contribution in [0.15, 0.2) is 0 Å². The van der Waals surface area contributed by atoms with Crippen LogP contribution in [0.3, 0.4) is 0 Å². The van der Waals surface area contributed by atoms with Crippen molar-refractivity contribution >= 4 is 10.2 Å². The molecule has 1 heterocycles. The molecule has 6 heteroatoms. The Hall–Kier alpha value is 0.0169. The molecule has 0 bridgehead atoms. The van der Waals surface area contributed by atoms with Crippen LogP contribution in [0.4, 0.5) is 0 Å². The molecule has 102 valence electrons. The minimum Gasteiger partial charge on any atom is -0.355 e. The monoisotopic (exact) mass is 263 g/mol. The summed E-state index contributed by atoms with van der Waals surface area (Å²) < 4.78 is 23.0. The van der Waals surface area contributed by atoms with Crippen LogP contribution in [0.5, 0.6) is 0 Å². The highest BCUT2D eigenvalue weighted by Gasteiger charge is 2.49. The van der Waals surface area contributed by atoms with Crippen LogP contribution >= 0.6 is 0 Å². The van der Waals surface area contributed by atoms with Crippen LogP contribution in [0.25, 0.3) is 0 Å². The molecule has 1 fully saturated rings. The molecular formula is C11H25NO4Si. The van der Waals surface area contributed by atoms with E-state index in [0.29, 0.717) is 26.4 Å².